The first-order valence-corrected chi connectivity index (χ1v) is 6.38. The van der Waals surface area contributed by atoms with Crippen LogP contribution in [0.25, 0.3) is 0 Å². The molecule has 5 nitrogen and oxygen atoms in total. The van der Waals surface area contributed by atoms with Gasteiger partial charge in [-0.3, -0.25) is 4.79 Å². The van der Waals surface area contributed by atoms with Crippen LogP contribution in [0.3, 0.4) is 0 Å². The van der Waals surface area contributed by atoms with Gasteiger partial charge in [-0.05, 0) is 30.4 Å². The van der Waals surface area contributed by atoms with Crippen LogP contribution in [0, 0.1) is 18.8 Å². The monoisotopic (exact) mass is 246 g/mol. The molecule has 1 amide bonds. The lowest BCUT2D eigenvalue weighted by molar-refractivity contribution is 0.1000. The van der Waals surface area contributed by atoms with Gasteiger partial charge in [0.05, 0.1) is 5.56 Å². The minimum absolute atomic E-state index is 0.384. The molecule has 96 valence electrons. The SMILES string of the molecule is Cc1ccnc(N2CC3CNCC3C2)c1C(N)=O. The first kappa shape index (κ1) is 11.5. The highest BCUT2D eigenvalue weighted by molar-refractivity contribution is 5.99. The number of fused-ring (bicyclic) bond motifs is 1. The highest BCUT2D eigenvalue weighted by Crippen LogP contribution is 2.31. The number of aryl methyl sites for hydroxylation is 1. The third-order valence-electron chi connectivity index (χ3n) is 4.07. The number of pyridine rings is 1. The number of carbonyl (C=O) groups excluding carboxylic acids is 1. The Labute approximate surface area is 106 Å². The molecule has 0 aliphatic carbocycles. The fourth-order valence-electron chi connectivity index (χ4n) is 3.12. The zero-order valence-electron chi connectivity index (χ0n) is 10.5. The van der Waals surface area contributed by atoms with Crippen molar-refractivity contribution in [3.63, 3.8) is 0 Å². The van der Waals surface area contributed by atoms with Gasteiger partial charge in [0.25, 0.3) is 5.91 Å². The summed E-state index contributed by atoms with van der Waals surface area (Å²) in [7, 11) is 0. The molecule has 3 rings (SSSR count). The van der Waals surface area contributed by atoms with E-state index in [9.17, 15) is 4.79 Å². The van der Waals surface area contributed by atoms with Crippen LogP contribution >= 0.6 is 0 Å². The molecule has 0 aromatic carbocycles. The smallest absolute Gasteiger partial charge is 0.252 e. The number of hydrogen-bond donors (Lipinski definition) is 2. The zero-order valence-corrected chi connectivity index (χ0v) is 10.5. The Morgan fingerprint density at radius 3 is 2.72 bits per heavy atom. The molecule has 1 aromatic heterocycles. The van der Waals surface area contributed by atoms with E-state index >= 15 is 0 Å². The average Bonchev–Trinajstić information content (AvgIpc) is 2.87. The summed E-state index contributed by atoms with van der Waals surface area (Å²) in [4.78, 5) is 18.2. The second-order valence-corrected chi connectivity index (χ2v) is 5.27. The molecular weight excluding hydrogens is 228 g/mol. The second kappa shape index (κ2) is 4.24. The Morgan fingerprint density at radius 2 is 2.11 bits per heavy atom. The molecule has 5 heteroatoms. The first-order chi connectivity index (χ1) is 8.66. The molecule has 0 bridgehead atoms. The predicted molar refractivity (Wildman–Crippen MR) is 69.6 cm³/mol. The Kier molecular flexibility index (Phi) is 2.70. The molecule has 2 aliphatic rings. The number of nitrogens with one attached hydrogen (secondary N) is 1. The largest absolute Gasteiger partial charge is 0.365 e. The van der Waals surface area contributed by atoms with Gasteiger partial charge in [-0.15, -0.1) is 0 Å². The van der Waals surface area contributed by atoms with Crippen molar-refractivity contribution >= 4 is 11.7 Å². The Bertz CT molecular complexity index is 476. The van der Waals surface area contributed by atoms with E-state index in [1.807, 2.05) is 13.0 Å². The molecule has 2 aliphatic heterocycles. The molecule has 0 spiro atoms. The zero-order chi connectivity index (χ0) is 12.7. The minimum Gasteiger partial charge on any atom is -0.365 e. The number of amides is 1. The average molecular weight is 246 g/mol. The van der Waals surface area contributed by atoms with E-state index in [1.54, 1.807) is 6.20 Å². The van der Waals surface area contributed by atoms with Crippen LogP contribution in [0.15, 0.2) is 12.3 Å². The third-order valence-corrected chi connectivity index (χ3v) is 4.07. The summed E-state index contributed by atoms with van der Waals surface area (Å²) >= 11 is 0. The van der Waals surface area contributed by atoms with Crippen molar-refractivity contribution in [2.75, 3.05) is 31.1 Å². The normalized spacial score (nSPS) is 26.4. The van der Waals surface area contributed by atoms with Gasteiger partial charge in [0.1, 0.15) is 5.82 Å². The summed E-state index contributed by atoms with van der Waals surface area (Å²) in [5, 5.41) is 3.41. The fraction of sp³-hybridized carbons (Fsp3) is 0.538. The molecule has 2 unspecified atom stereocenters. The van der Waals surface area contributed by atoms with E-state index < -0.39 is 0 Å². The molecular formula is C13H18N4O. The number of rotatable bonds is 2. The highest BCUT2D eigenvalue weighted by atomic mass is 16.1. The number of primary amides is 1. The van der Waals surface area contributed by atoms with Crippen molar-refractivity contribution in [3.8, 4) is 0 Å². The Morgan fingerprint density at radius 1 is 1.44 bits per heavy atom. The molecule has 0 radical (unpaired) electrons. The lowest BCUT2D eigenvalue weighted by Crippen LogP contribution is -2.29. The lowest BCUT2D eigenvalue weighted by Gasteiger charge is -2.21. The van der Waals surface area contributed by atoms with Crippen LogP contribution in [0.4, 0.5) is 5.82 Å². The topological polar surface area (TPSA) is 71.2 Å². The fourth-order valence-corrected chi connectivity index (χ4v) is 3.12. The number of nitrogens with zero attached hydrogens (tertiary/aromatic N) is 2. The summed E-state index contributed by atoms with van der Waals surface area (Å²) < 4.78 is 0. The molecule has 0 saturated carbocycles. The first-order valence-electron chi connectivity index (χ1n) is 6.38. The van der Waals surface area contributed by atoms with Crippen molar-refractivity contribution in [2.24, 2.45) is 17.6 Å². The minimum atomic E-state index is -0.384. The van der Waals surface area contributed by atoms with E-state index in [0.29, 0.717) is 17.4 Å². The summed E-state index contributed by atoms with van der Waals surface area (Å²) in [6, 6.07) is 1.84. The number of aromatic nitrogens is 1. The highest BCUT2D eigenvalue weighted by Gasteiger charge is 2.37. The lowest BCUT2D eigenvalue weighted by atomic mass is 10.0. The maximum atomic E-state index is 11.6. The van der Waals surface area contributed by atoms with Crippen molar-refractivity contribution in [2.45, 2.75) is 6.92 Å². The van der Waals surface area contributed by atoms with Crippen LogP contribution in [0.5, 0.6) is 0 Å². The molecule has 3 heterocycles. The van der Waals surface area contributed by atoms with Crippen LogP contribution in [-0.4, -0.2) is 37.1 Å². The third kappa shape index (κ3) is 1.75. The van der Waals surface area contributed by atoms with Gasteiger partial charge in [0.2, 0.25) is 0 Å². The van der Waals surface area contributed by atoms with Gasteiger partial charge in [-0.1, -0.05) is 0 Å². The summed E-state index contributed by atoms with van der Waals surface area (Å²) in [6.07, 6.45) is 1.75. The predicted octanol–water partition coefficient (Wildman–Crippen LogP) is 0.145. The van der Waals surface area contributed by atoms with Gasteiger partial charge in [-0.2, -0.15) is 0 Å². The van der Waals surface area contributed by atoms with E-state index in [4.69, 9.17) is 5.73 Å². The summed E-state index contributed by atoms with van der Waals surface area (Å²) in [5.74, 6) is 1.73. The summed E-state index contributed by atoms with van der Waals surface area (Å²) in [5.41, 5.74) is 6.96. The van der Waals surface area contributed by atoms with Crippen LogP contribution in [0.2, 0.25) is 0 Å². The molecule has 1 aromatic rings. The van der Waals surface area contributed by atoms with E-state index in [0.717, 1.165) is 37.6 Å². The van der Waals surface area contributed by atoms with Crippen molar-refractivity contribution in [3.05, 3.63) is 23.4 Å². The van der Waals surface area contributed by atoms with Crippen LogP contribution in [0.1, 0.15) is 15.9 Å². The van der Waals surface area contributed by atoms with Crippen molar-refractivity contribution in [1.29, 1.82) is 0 Å². The van der Waals surface area contributed by atoms with E-state index in [-0.39, 0.29) is 5.91 Å². The molecule has 2 saturated heterocycles. The maximum Gasteiger partial charge on any atom is 0.252 e. The van der Waals surface area contributed by atoms with Gasteiger partial charge < -0.3 is 16.0 Å². The van der Waals surface area contributed by atoms with E-state index in [1.165, 1.54) is 0 Å². The molecule has 2 fully saturated rings. The second-order valence-electron chi connectivity index (χ2n) is 5.27. The van der Waals surface area contributed by atoms with E-state index in [2.05, 4.69) is 15.2 Å². The molecule has 2 atom stereocenters. The Balaban J connectivity index is 1.93. The number of hydrogen-bond acceptors (Lipinski definition) is 4. The van der Waals surface area contributed by atoms with Crippen LogP contribution < -0.4 is 16.0 Å². The quantitative estimate of drug-likeness (QED) is 0.779. The van der Waals surface area contributed by atoms with Crippen LogP contribution in [-0.2, 0) is 0 Å². The molecule has 3 N–H and O–H groups in total. The van der Waals surface area contributed by atoms with Crippen molar-refractivity contribution in [1.82, 2.24) is 10.3 Å². The summed E-state index contributed by atoms with van der Waals surface area (Å²) in [6.45, 7) is 5.98. The number of carbonyl (C=O) groups is 1. The van der Waals surface area contributed by atoms with Gasteiger partial charge in [-0.25, -0.2) is 4.98 Å². The van der Waals surface area contributed by atoms with Gasteiger partial charge in [0.15, 0.2) is 0 Å². The number of nitrogens with two attached hydrogens (primary N) is 1. The van der Waals surface area contributed by atoms with Gasteiger partial charge >= 0.3 is 0 Å². The Hall–Kier alpha value is -1.62. The standard InChI is InChI=1S/C13H18N4O/c1-8-2-3-16-13(11(8)12(14)18)17-6-9-4-15-5-10(9)7-17/h2-3,9-10,15H,4-7H2,1H3,(H2,14,18). The van der Waals surface area contributed by atoms with Gasteiger partial charge in [0, 0.05) is 32.4 Å². The molecule has 18 heavy (non-hydrogen) atoms. The number of anilines is 1. The maximum absolute atomic E-state index is 11.6. The van der Waals surface area contributed by atoms with Crippen molar-refractivity contribution < 1.29 is 4.79 Å².